The van der Waals surface area contributed by atoms with Gasteiger partial charge in [-0.25, -0.2) is 4.98 Å². The molecule has 0 spiro atoms. The maximum atomic E-state index is 12.4. The van der Waals surface area contributed by atoms with E-state index in [0.717, 1.165) is 6.54 Å². The normalized spacial score (nSPS) is 11.1. The summed E-state index contributed by atoms with van der Waals surface area (Å²) >= 11 is 1.33. The van der Waals surface area contributed by atoms with Gasteiger partial charge < -0.3 is 16.0 Å². The van der Waals surface area contributed by atoms with Gasteiger partial charge in [-0.1, -0.05) is 25.2 Å². The molecule has 1 heterocycles. The monoisotopic (exact) mass is 284 g/mol. The zero-order chi connectivity index (χ0) is 14.6. The van der Waals surface area contributed by atoms with Crippen molar-refractivity contribution in [1.29, 1.82) is 0 Å². The summed E-state index contributed by atoms with van der Waals surface area (Å²) in [5, 5.41) is 3.92. The number of aromatic nitrogens is 1. The highest BCUT2D eigenvalue weighted by atomic mass is 32.1. The van der Waals surface area contributed by atoms with Crippen LogP contribution in [0.2, 0.25) is 0 Å². The Morgan fingerprint density at radius 3 is 2.53 bits per heavy atom. The lowest BCUT2D eigenvalue weighted by Crippen LogP contribution is -2.36. The summed E-state index contributed by atoms with van der Waals surface area (Å²) in [5.74, 6) is 0.803. The van der Waals surface area contributed by atoms with Gasteiger partial charge in [-0.05, 0) is 26.7 Å². The van der Waals surface area contributed by atoms with Crippen molar-refractivity contribution >= 4 is 28.2 Å². The first-order chi connectivity index (χ1) is 8.86. The number of rotatable bonds is 6. The van der Waals surface area contributed by atoms with Gasteiger partial charge in [-0.3, -0.25) is 4.79 Å². The predicted octanol–water partition coefficient (Wildman–Crippen LogP) is 2.66. The van der Waals surface area contributed by atoms with Crippen molar-refractivity contribution < 1.29 is 4.79 Å². The first kappa shape index (κ1) is 15.8. The van der Waals surface area contributed by atoms with Gasteiger partial charge in [-0.2, -0.15) is 0 Å². The number of anilines is 2. The van der Waals surface area contributed by atoms with Crippen LogP contribution in [-0.2, 0) is 0 Å². The second-order valence-corrected chi connectivity index (χ2v) is 6.19. The fourth-order valence-corrected chi connectivity index (χ4v) is 2.57. The molecule has 108 valence electrons. The molecule has 0 aliphatic carbocycles. The van der Waals surface area contributed by atoms with E-state index in [4.69, 9.17) is 5.73 Å². The average molecular weight is 284 g/mol. The van der Waals surface area contributed by atoms with E-state index in [1.165, 1.54) is 11.3 Å². The highest BCUT2D eigenvalue weighted by Gasteiger charge is 2.22. The summed E-state index contributed by atoms with van der Waals surface area (Å²) in [5.41, 5.74) is 5.85. The van der Waals surface area contributed by atoms with Crippen LogP contribution in [0.4, 0.5) is 10.9 Å². The Bertz CT molecular complexity index is 428. The number of nitrogens with two attached hydrogens (primary N) is 1. The minimum Gasteiger partial charge on any atom is -0.382 e. The number of carbonyl (C=O) groups is 1. The maximum absolute atomic E-state index is 12.4. The zero-order valence-electron chi connectivity index (χ0n) is 12.4. The summed E-state index contributed by atoms with van der Waals surface area (Å²) in [6.07, 6.45) is 0. The third-order valence-corrected chi connectivity index (χ3v) is 3.75. The van der Waals surface area contributed by atoms with Gasteiger partial charge in [0.25, 0.3) is 5.91 Å². The van der Waals surface area contributed by atoms with Crippen LogP contribution in [0.25, 0.3) is 0 Å². The number of hydrogen-bond acceptors (Lipinski definition) is 5. The standard InChI is InChI=1S/C13H24N4OS/c1-6-17(9(4)5)12(18)10-11(14)16-13(19-10)15-7-8(2)3/h8-9H,6-7,14H2,1-5H3,(H,15,16). The molecule has 1 aromatic heterocycles. The van der Waals surface area contributed by atoms with Gasteiger partial charge in [0.2, 0.25) is 0 Å². The Balaban J connectivity index is 2.86. The molecule has 0 aliphatic heterocycles. The van der Waals surface area contributed by atoms with Crippen LogP contribution in [-0.4, -0.2) is 34.9 Å². The maximum Gasteiger partial charge on any atom is 0.268 e. The van der Waals surface area contributed by atoms with Crippen LogP contribution >= 0.6 is 11.3 Å². The first-order valence-corrected chi connectivity index (χ1v) is 7.49. The first-order valence-electron chi connectivity index (χ1n) is 6.67. The minimum atomic E-state index is -0.0369. The van der Waals surface area contributed by atoms with Crippen molar-refractivity contribution in [2.24, 2.45) is 5.92 Å². The SMILES string of the molecule is CCN(C(=O)c1sc(NCC(C)C)nc1N)C(C)C. The number of nitrogen functional groups attached to an aromatic ring is 1. The average Bonchev–Trinajstić information content (AvgIpc) is 2.68. The Morgan fingerprint density at radius 2 is 2.05 bits per heavy atom. The van der Waals surface area contributed by atoms with E-state index in [0.29, 0.717) is 28.3 Å². The molecule has 6 heteroatoms. The van der Waals surface area contributed by atoms with E-state index in [1.54, 1.807) is 4.90 Å². The molecule has 1 aromatic rings. The lowest BCUT2D eigenvalue weighted by Gasteiger charge is -2.24. The lowest BCUT2D eigenvalue weighted by atomic mass is 10.2. The third-order valence-electron chi connectivity index (χ3n) is 2.73. The summed E-state index contributed by atoms with van der Waals surface area (Å²) < 4.78 is 0. The van der Waals surface area contributed by atoms with E-state index in [2.05, 4.69) is 24.1 Å². The molecule has 0 unspecified atom stereocenters. The quantitative estimate of drug-likeness (QED) is 0.842. The van der Waals surface area contributed by atoms with Crippen molar-refractivity contribution in [3.63, 3.8) is 0 Å². The van der Waals surface area contributed by atoms with Gasteiger partial charge in [0.1, 0.15) is 10.7 Å². The van der Waals surface area contributed by atoms with Crippen LogP contribution < -0.4 is 11.1 Å². The predicted molar refractivity (Wildman–Crippen MR) is 81.7 cm³/mol. The van der Waals surface area contributed by atoms with Gasteiger partial charge >= 0.3 is 0 Å². The molecule has 0 saturated heterocycles. The van der Waals surface area contributed by atoms with Crippen LogP contribution in [0.1, 0.15) is 44.3 Å². The molecule has 0 saturated carbocycles. The van der Waals surface area contributed by atoms with E-state index in [9.17, 15) is 4.79 Å². The Labute approximate surface area is 119 Å². The van der Waals surface area contributed by atoms with Gasteiger partial charge in [0, 0.05) is 19.1 Å². The highest BCUT2D eigenvalue weighted by molar-refractivity contribution is 7.18. The molecule has 19 heavy (non-hydrogen) atoms. The fraction of sp³-hybridized carbons (Fsp3) is 0.692. The van der Waals surface area contributed by atoms with Crippen LogP contribution in [0, 0.1) is 5.92 Å². The Morgan fingerprint density at radius 1 is 1.42 bits per heavy atom. The number of thiazole rings is 1. The van der Waals surface area contributed by atoms with Crippen molar-refractivity contribution in [2.45, 2.75) is 40.7 Å². The molecule has 1 amide bonds. The lowest BCUT2D eigenvalue weighted by molar-refractivity contribution is 0.0722. The summed E-state index contributed by atoms with van der Waals surface area (Å²) in [6, 6.07) is 0.158. The molecule has 0 atom stereocenters. The Kier molecular flexibility index (Phi) is 5.60. The van der Waals surface area contributed by atoms with E-state index in [-0.39, 0.29) is 11.9 Å². The molecular weight excluding hydrogens is 260 g/mol. The minimum absolute atomic E-state index is 0.0369. The van der Waals surface area contributed by atoms with Gasteiger partial charge in [-0.15, -0.1) is 0 Å². The van der Waals surface area contributed by atoms with E-state index in [1.807, 2.05) is 20.8 Å². The number of nitrogens with one attached hydrogen (secondary N) is 1. The largest absolute Gasteiger partial charge is 0.382 e. The molecule has 0 aliphatic rings. The van der Waals surface area contributed by atoms with E-state index < -0.39 is 0 Å². The third kappa shape index (κ3) is 4.09. The smallest absolute Gasteiger partial charge is 0.268 e. The highest BCUT2D eigenvalue weighted by Crippen LogP contribution is 2.27. The van der Waals surface area contributed by atoms with Crippen molar-refractivity contribution in [3.8, 4) is 0 Å². The number of carbonyl (C=O) groups excluding carboxylic acids is 1. The van der Waals surface area contributed by atoms with Crippen molar-refractivity contribution in [1.82, 2.24) is 9.88 Å². The Hall–Kier alpha value is -1.30. The molecule has 1 rings (SSSR count). The number of nitrogens with zero attached hydrogens (tertiary/aromatic N) is 2. The topological polar surface area (TPSA) is 71.2 Å². The summed E-state index contributed by atoms with van der Waals surface area (Å²) in [7, 11) is 0. The number of hydrogen-bond donors (Lipinski definition) is 2. The molecule has 3 N–H and O–H groups in total. The molecule has 0 radical (unpaired) electrons. The van der Waals surface area contributed by atoms with Crippen LogP contribution in [0.3, 0.4) is 0 Å². The molecule has 0 bridgehead atoms. The van der Waals surface area contributed by atoms with Crippen LogP contribution in [0.15, 0.2) is 0 Å². The molecule has 0 aromatic carbocycles. The number of amides is 1. The van der Waals surface area contributed by atoms with Crippen LogP contribution in [0.5, 0.6) is 0 Å². The molecule has 0 fully saturated rings. The summed E-state index contributed by atoms with van der Waals surface area (Å²) in [4.78, 5) is 18.9. The second kappa shape index (κ2) is 6.75. The van der Waals surface area contributed by atoms with Crippen molar-refractivity contribution in [3.05, 3.63) is 4.88 Å². The summed E-state index contributed by atoms with van der Waals surface area (Å²) in [6.45, 7) is 11.7. The molecule has 5 nitrogen and oxygen atoms in total. The fourth-order valence-electron chi connectivity index (χ4n) is 1.73. The van der Waals surface area contributed by atoms with Gasteiger partial charge in [0.05, 0.1) is 0 Å². The van der Waals surface area contributed by atoms with E-state index >= 15 is 0 Å². The second-order valence-electron chi connectivity index (χ2n) is 5.19. The molecular formula is C13H24N4OS. The van der Waals surface area contributed by atoms with Gasteiger partial charge in [0.15, 0.2) is 5.13 Å². The van der Waals surface area contributed by atoms with Crippen molar-refractivity contribution in [2.75, 3.05) is 24.1 Å². The zero-order valence-corrected chi connectivity index (χ0v) is 13.2.